The number of nitrogens with one attached hydrogen (secondary N) is 1. The Labute approximate surface area is 117 Å². The van der Waals surface area contributed by atoms with Crippen molar-refractivity contribution in [3.8, 4) is 0 Å². The molecule has 1 nitrogen and oxygen atoms in total. The highest BCUT2D eigenvalue weighted by Crippen LogP contribution is 2.27. The van der Waals surface area contributed by atoms with E-state index in [1.807, 2.05) is 0 Å². The largest absolute Gasteiger partial charge is 0.309 e. The van der Waals surface area contributed by atoms with Gasteiger partial charge < -0.3 is 5.32 Å². The van der Waals surface area contributed by atoms with Crippen LogP contribution in [0.1, 0.15) is 17.2 Å². The van der Waals surface area contributed by atoms with Crippen molar-refractivity contribution < 1.29 is 13.2 Å². The molecule has 5 heteroatoms. The van der Waals surface area contributed by atoms with E-state index in [1.165, 1.54) is 0 Å². The molecule has 0 heterocycles. The van der Waals surface area contributed by atoms with Gasteiger partial charge in [0.25, 0.3) is 0 Å². The summed E-state index contributed by atoms with van der Waals surface area (Å²) >= 11 is 3.30. The molecule has 0 bridgehead atoms. The van der Waals surface area contributed by atoms with E-state index in [0.717, 1.165) is 16.1 Å². The van der Waals surface area contributed by atoms with Crippen LogP contribution in [0.2, 0.25) is 0 Å². The summed E-state index contributed by atoms with van der Waals surface area (Å²) in [5, 5.41) is 2.90. The van der Waals surface area contributed by atoms with Gasteiger partial charge in [-0.05, 0) is 30.8 Å². The van der Waals surface area contributed by atoms with Crippen LogP contribution < -0.4 is 5.32 Å². The van der Waals surface area contributed by atoms with E-state index in [-0.39, 0.29) is 5.56 Å². The van der Waals surface area contributed by atoms with Gasteiger partial charge in [-0.15, -0.1) is 0 Å². The lowest BCUT2D eigenvalue weighted by Gasteiger charge is -2.18. The first-order valence-electron chi connectivity index (χ1n) is 5.60. The Kier molecular flexibility index (Phi) is 4.27. The maximum Gasteiger partial charge on any atom is 0.161 e. The van der Waals surface area contributed by atoms with Gasteiger partial charge in [-0.3, -0.25) is 0 Å². The third-order valence-electron chi connectivity index (χ3n) is 2.84. The molecule has 0 spiro atoms. The molecule has 0 radical (unpaired) electrons. The zero-order valence-corrected chi connectivity index (χ0v) is 11.6. The minimum absolute atomic E-state index is 0.0729. The normalized spacial score (nSPS) is 12.5. The van der Waals surface area contributed by atoms with Crippen molar-refractivity contribution in [3.63, 3.8) is 0 Å². The van der Waals surface area contributed by atoms with Crippen LogP contribution in [0, 0.1) is 17.5 Å². The molecule has 19 heavy (non-hydrogen) atoms. The molecular weight excluding hydrogens is 319 g/mol. The number of hydrogen-bond donors (Lipinski definition) is 1. The van der Waals surface area contributed by atoms with E-state index in [9.17, 15) is 13.2 Å². The fourth-order valence-corrected chi connectivity index (χ4v) is 2.18. The van der Waals surface area contributed by atoms with Crippen LogP contribution in [0.4, 0.5) is 13.2 Å². The number of benzene rings is 2. The summed E-state index contributed by atoms with van der Waals surface area (Å²) in [6, 6.07) is 8.08. The summed E-state index contributed by atoms with van der Waals surface area (Å²) in [5.74, 6) is -3.03. The highest BCUT2D eigenvalue weighted by molar-refractivity contribution is 9.10. The highest BCUT2D eigenvalue weighted by Gasteiger charge is 2.19. The van der Waals surface area contributed by atoms with Crippen molar-refractivity contribution in [2.45, 2.75) is 6.04 Å². The molecule has 100 valence electrons. The molecular formula is C14H11BrF3N. The van der Waals surface area contributed by atoms with Crippen LogP contribution in [0.3, 0.4) is 0 Å². The van der Waals surface area contributed by atoms with Crippen LogP contribution in [0.25, 0.3) is 0 Å². The topological polar surface area (TPSA) is 12.0 Å². The first kappa shape index (κ1) is 14.1. The lowest BCUT2D eigenvalue weighted by atomic mass is 9.98. The zero-order chi connectivity index (χ0) is 14.0. The summed E-state index contributed by atoms with van der Waals surface area (Å²) in [6.07, 6.45) is 0. The van der Waals surface area contributed by atoms with E-state index in [2.05, 4.69) is 21.2 Å². The van der Waals surface area contributed by atoms with E-state index in [0.29, 0.717) is 6.07 Å². The molecule has 2 aromatic rings. The summed E-state index contributed by atoms with van der Waals surface area (Å²) in [6.45, 7) is 0. The SMILES string of the molecule is CNC(c1ccc(Br)cc1)c1cc(F)c(F)cc1F. The molecule has 1 atom stereocenters. The van der Waals surface area contributed by atoms with Gasteiger partial charge in [-0.25, -0.2) is 13.2 Å². The molecule has 2 aromatic carbocycles. The Morgan fingerprint density at radius 3 is 2.11 bits per heavy atom. The molecule has 1 N–H and O–H groups in total. The highest BCUT2D eigenvalue weighted by atomic mass is 79.9. The molecule has 0 aliphatic rings. The van der Waals surface area contributed by atoms with Gasteiger partial charge in [0, 0.05) is 16.1 Å². The van der Waals surface area contributed by atoms with Crippen molar-refractivity contribution in [3.05, 3.63) is 69.4 Å². The second-order valence-corrected chi connectivity index (χ2v) is 4.98. The van der Waals surface area contributed by atoms with Gasteiger partial charge in [0.05, 0.1) is 6.04 Å². The minimum Gasteiger partial charge on any atom is -0.309 e. The van der Waals surface area contributed by atoms with Gasteiger partial charge in [0.1, 0.15) is 5.82 Å². The molecule has 0 aromatic heterocycles. The van der Waals surface area contributed by atoms with E-state index < -0.39 is 23.5 Å². The van der Waals surface area contributed by atoms with Crippen LogP contribution in [0.15, 0.2) is 40.9 Å². The van der Waals surface area contributed by atoms with E-state index in [4.69, 9.17) is 0 Å². The van der Waals surface area contributed by atoms with E-state index >= 15 is 0 Å². The molecule has 0 aliphatic heterocycles. The van der Waals surface area contributed by atoms with Crippen molar-refractivity contribution >= 4 is 15.9 Å². The number of rotatable bonds is 3. The maximum absolute atomic E-state index is 13.8. The van der Waals surface area contributed by atoms with Crippen LogP contribution in [-0.4, -0.2) is 7.05 Å². The van der Waals surface area contributed by atoms with Gasteiger partial charge in [0.2, 0.25) is 0 Å². The Bertz CT molecular complexity index is 584. The Morgan fingerprint density at radius 1 is 0.947 bits per heavy atom. The lowest BCUT2D eigenvalue weighted by Crippen LogP contribution is -2.19. The smallest absolute Gasteiger partial charge is 0.161 e. The quantitative estimate of drug-likeness (QED) is 0.833. The molecule has 0 saturated heterocycles. The van der Waals surface area contributed by atoms with Gasteiger partial charge in [0.15, 0.2) is 11.6 Å². The van der Waals surface area contributed by atoms with Crippen LogP contribution in [-0.2, 0) is 0 Å². The van der Waals surface area contributed by atoms with Crippen molar-refractivity contribution in [2.24, 2.45) is 0 Å². The zero-order valence-electron chi connectivity index (χ0n) is 10.1. The number of halogens is 4. The third kappa shape index (κ3) is 2.98. The van der Waals surface area contributed by atoms with Gasteiger partial charge >= 0.3 is 0 Å². The van der Waals surface area contributed by atoms with Crippen LogP contribution in [0.5, 0.6) is 0 Å². The Balaban J connectivity index is 2.47. The second kappa shape index (κ2) is 5.75. The average molecular weight is 330 g/mol. The van der Waals surface area contributed by atoms with Crippen molar-refractivity contribution in [2.75, 3.05) is 7.05 Å². The summed E-state index contributed by atoms with van der Waals surface area (Å²) in [4.78, 5) is 0. The first-order chi connectivity index (χ1) is 9.02. The second-order valence-electron chi connectivity index (χ2n) is 4.06. The molecule has 0 fully saturated rings. The van der Waals surface area contributed by atoms with Crippen molar-refractivity contribution in [1.29, 1.82) is 0 Å². The third-order valence-corrected chi connectivity index (χ3v) is 3.37. The predicted molar refractivity (Wildman–Crippen MR) is 71.4 cm³/mol. The van der Waals surface area contributed by atoms with Crippen molar-refractivity contribution in [1.82, 2.24) is 5.32 Å². The molecule has 0 saturated carbocycles. The Hall–Kier alpha value is -1.33. The average Bonchev–Trinajstić information content (AvgIpc) is 2.38. The molecule has 0 amide bonds. The molecule has 0 aliphatic carbocycles. The van der Waals surface area contributed by atoms with Gasteiger partial charge in [-0.1, -0.05) is 28.1 Å². The van der Waals surface area contributed by atoms with Crippen LogP contribution >= 0.6 is 15.9 Å². The predicted octanol–water partition coefficient (Wildman–Crippen LogP) is 4.18. The maximum atomic E-state index is 13.8. The molecule has 1 unspecified atom stereocenters. The lowest BCUT2D eigenvalue weighted by molar-refractivity contribution is 0.483. The number of hydrogen-bond acceptors (Lipinski definition) is 1. The fourth-order valence-electron chi connectivity index (χ4n) is 1.92. The first-order valence-corrected chi connectivity index (χ1v) is 6.39. The molecule has 2 rings (SSSR count). The summed E-state index contributed by atoms with van der Waals surface area (Å²) in [7, 11) is 1.63. The summed E-state index contributed by atoms with van der Waals surface area (Å²) < 4.78 is 40.9. The monoisotopic (exact) mass is 329 g/mol. The standard InChI is InChI=1S/C14H11BrF3N/c1-19-14(8-2-4-9(15)5-3-8)10-6-12(17)13(18)7-11(10)16/h2-7,14,19H,1H3. The Morgan fingerprint density at radius 2 is 1.53 bits per heavy atom. The minimum atomic E-state index is -1.19. The fraction of sp³-hybridized carbons (Fsp3) is 0.143. The van der Waals surface area contributed by atoms with E-state index in [1.54, 1.807) is 31.3 Å². The summed E-state index contributed by atoms with van der Waals surface area (Å²) in [5.41, 5.74) is 0.833. The van der Waals surface area contributed by atoms with Gasteiger partial charge in [-0.2, -0.15) is 0 Å².